The Morgan fingerprint density at radius 1 is 1.25 bits per heavy atom. The van der Waals surface area contributed by atoms with Crippen molar-refractivity contribution in [2.24, 2.45) is 5.92 Å². The number of aliphatic hydroxyl groups excluding tert-OH is 1. The van der Waals surface area contributed by atoms with Crippen LogP contribution in [-0.2, 0) is 22.4 Å². The Bertz CT molecular complexity index is 534. The first-order valence-corrected chi connectivity index (χ1v) is 8.82. The second kappa shape index (κ2) is 6.70. The molecule has 1 N–H and O–H groups in total. The number of piperidine rings is 1. The Morgan fingerprint density at radius 2 is 1.90 bits per heavy atom. The highest BCUT2D eigenvalue weighted by Gasteiger charge is 2.27. The molecule has 1 aromatic rings. The van der Waals surface area contributed by atoms with Crippen molar-refractivity contribution in [1.29, 1.82) is 0 Å². The summed E-state index contributed by atoms with van der Waals surface area (Å²) in [6, 6.07) is 7.15. The van der Waals surface area contributed by atoms with Crippen molar-refractivity contribution in [2.75, 3.05) is 13.1 Å². The van der Waals surface area contributed by atoms with Crippen LogP contribution in [0.15, 0.2) is 24.3 Å². The van der Waals surface area contributed by atoms with Crippen molar-refractivity contribution in [1.82, 2.24) is 4.31 Å². The van der Waals surface area contributed by atoms with Gasteiger partial charge in [0.2, 0.25) is 10.0 Å². The molecule has 1 heterocycles. The Hall–Kier alpha value is -0.910. The van der Waals surface area contributed by atoms with E-state index in [-0.39, 0.29) is 12.4 Å². The van der Waals surface area contributed by atoms with Gasteiger partial charge in [0.05, 0.1) is 12.4 Å². The second-order valence-electron chi connectivity index (χ2n) is 5.48. The molecule has 0 amide bonds. The van der Waals surface area contributed by atoms with Crippen LogP contribution >= 0.6 is 0 Å². The Morgan fingerprint density at radius 3 is 2.50 bits per heavy atom. The molecule has 1 aliphatic heterocycles. The van der Waals surface area contributed by atoms with Crippen LogP contribution in [0, 0.1) is 5.92 Å². The molecule has 1 aliphatic rings. The van der Waals surface area contributed by atoms with Crippen molar-refractivity contribution in [3.63, 3.8) is 0 Å². The highest BCUT2D eigenvalue weighted by atomic mass is 32.2. The second-order valence-corrected chi connectivity index (χ2v) is 7.45. The normalized spacial score (nSPS) is 18.3. The number of nitrogens with zero attached hydrogens (tertiary/aromatic N) is 1. The summed E-state index contributed by atoms with van der Waals surface area (Å²) in [6.07, 6.45) is 3.06. The zero-order valence-corrected chi connectivity index (χ0v) is 12.8. The summed E-state index contributed by atoms with van der Waals surface area (Å²) in [5.74, 6) is 0.691. The molecule has 1 aromatic carbocycles. The van der Waals surface area contributed by atoms with E-state index < -0.39 is 10.0 Å². The number of rotatable bonds is 5. The highest BCUT2D eigenvalue weighted by molar-refractivity contribution is 7.88. The molecule has 2 rings (SSSR count). The van der Waals surface area contributed by atoms with Crippen LogP contribution in [0.25, 0.3) is 0 Å². The van der Waals surface area contributed by atoms with Gasteiger partial charge in [-0.3, -0.25) is 0 Å². The molecule has 0 radical (unpaired) electrons. The molecule has 20 heavy (non-hydrogen) atoms. The van der Waals surface area contributed by atoms with Gasteiger partial charge in [-0.15, -0.1) is 0 Å². The Balaban J connectivity index is 2.03. The molecule has 0 aromatic heterocycles. The van der Waals surface area contributed by atoms with Gasteiger partial charge < -0.3 is 5.11 Å². The summed E-state index contributed by atoms with van der Waals surface area (Å²) in [5.41, 5.74) is 1.50. The van der Waals surface area contributed by atoms with Crippen LogP contribution in [0.5, 0.6) is 0 Å². The molecule has 0 saturated carbocycles. The van der Waals surface area contributed by atoms with E-state index in [1.165, 1.54) is 0 Å². The maximum atomic E-state index is 12.4. The predicted molar refractivity (Wildman–Crippen MR) is 79.6 cm³/mol. The first-order chi connectivity index (χ1) is 9.55. The molecule has 4 nitrogen and oxygen atoms in total. The summed E-state index contributed by atoms with van der Waals surface area (Å²) in [7, 11) is -3.24. The zero-order chi connectivity index (χ0) is 14.6. The van der Waals surface area contributed by atoms with E-state index in [1.807, 2.05) is 0 Å². The number of aliphatic hydroxyl groups is 1. The fraction of sp³-hybridized carbons (Fsp3) is 0.600. The minimum atomic E-state index is -3.24. The summed E-state index contributed by atoms with van der Waals surface area (Å²) in [5, 5.41) is 9.11. The molecule has 112 valence electrons. The zero-order valence-electron chi connectivity index (χ0n) is 12.0. The summed E-state index contributed by atoms with van der Waals surface area (Å²) >= 11 is 0. The number of benzene rings is 1. The molecule has 0 bridgehead atoms. The first kappa shape index (κ1) is 15.5. The lowest BCUT2D eigenvalue weighted by molar-refractivity contribution is 0.268. The lowest BCUT2D eigenvalue weighted by Gasteiger charge is -2.30. The molecule has 5 heteroatoms. The average Bonchev–Trinajstić information content (AvgIpc) is 2.47. The molecule has 0 spiro atoms. The smallest absolute Gasteiger partial charge is 0.218 e. The third-order valence-electron chi connectivity index (χ3n) is 4.07. The molecule has 0 aliphatic carbocycles. The predicted octanol–water partition coefficient (Wildman–Crippen LogP) is 2.13. The van der Waals surface area contributed by atoms with E-state index in [0.29, 0.717) is 19.0 Å². The SMILES string of the molecule is CCC1CCN(S(=O)(=O)Cc2cccc(CO)c2)CC1. The molecular weight excluding hydrogens is 274 g/mol. The van der Waals surface area contributed by atoms with Gasteiger partial charge >= 0.3 is 0 Å². The molecule has 1 fully saturated rings. The van der Waals surface area contributed by atoms with E-state index in [4.69, 9.17) is 5.11 Å². The van der Waals surface area contributed by atoms with Crippen molar-refractivity contribution in [3.05, 3.63) is 35.4 Å². The van der Waals surface area contributed by atoms with Gasteiger partial charge in [-0.25, -0.2) is 12.7 Å². The van der Waals surface area contributed by atoms with Gasteiger partial charge in [0.1, 0.15) is 0 Å². The van der Waals surface area contributed by atoms with Gasteiger partial charge in [0.25, 0.3) is 0 Å². The van der Waals surface area contributed by atoms with E-state index in [2.05, 4.69) is 6.92 Å². The van der Waals surface area contributed by atoms with Crippen molar-refractivity contribution >= 4 is 10.0 Å². The van der Waals surface area contributed by atoms with E-state index in [1.54, 1.807) is 28.6 Å². The Labute approximate surface area is 121 Å². The van der Waals surface area contributed by atoms with Gasteiger partial charge in [0.15, 0.2) is 0 Å². The lowest BCUT2D eigenvalue weighted by atomic mass is 9.96. The molecule has 0 unspecified atom stereocenters. The van der Waals surface area contributed by atoms with E-state index >= 15 is 0 Å². The molecule has 1 saturated heterocycles. The van der Waals surface area contributed by atoms with E-state index in [9.17, 15) is 8.42 Å². The largest absolute Gasteiger partial charge is 0.392 e. The van der Waals surface area contributed by atoms with Crippen LogP contribution in [0.4, 0.5) is 0 Å². The molecular formula is C15H23NO3S. The molecule has 0 atom stereocenters. The fourth-order valence-electron chi connectivity index (χ4n) is 2.72. The van der Waals surface area contributed by atoms with Crippen molar-refractivity contribution < 1.29 is 13.5 Å². The van der Waals surface area contributed by atoms with Crippen molar-refractivity contribution in [2.45, 2.75) is 38.5 Å². The van der Waals surface area contributed by atoms with Gasteiger partial charge in [-0.05, 0) is 29.9 Å². The maximum Gasteiger partial charge on any atom is 0.218 e. The van der Waals surface area contributed by atoms with Crippen molar-refractivity contribution in [3.8, 4) is 0 Å². The van der Waals surface area contributed by atoms with Gasteiger partial charge in [-0.1, -0.05) is 37.6 Å². The van der Waals surface area contributed by atoms with Crippen LogP contribution in [0.3, 0.4) is 0 Å². The topological polar surface area (TPSA) is 57.6 Å². The fourth-order valence-corrected chi connectivity index (χ4v) is 4.27. The number of hydrogen-bond acceptors (Lipinski definition) is 3. The number of hydrogen-bond donors (Lipinski definition) is 1. The standard InChI is InChI=1S/C15H23NO3S/c1-2-13-6-8-16(9-7-13)20(18,19)12-15-5-3-4-14(10-15)11-17/h3-5,10,13,17H,2,6-9,11-12H2,1H3. The average molecular weight is 297 g/mol. The maximum absolute atomic E-state index is 12.4. The van der Waals surface area contributed by atoms with Crippen LogP contribution < -0.4 is 0 Å². The summed E-state index contributed by atoms with van der Waals surface area (Å²) in [6.45, 7) is 3.38. The lowest BCUT2D eigenvalue weighted by Crippen LogP contribution is -2.39. The quantitative estimate of drug-likeness (QED) is 0.906. The first-order valence-electron chi connectivity index (χ1n) is 7.21. The van der Waals surface area contributed by atoms with Crippen LogP contribution in [0.1, 0.15) is 37.3 Å². The van der Waals surface area contributed by atoms with Gasteiger partial charge in [-0.2, -0.15) is 0 Å². The van der Waals surface area contributed by atoms with Gasteiger partial charge in [0, 0.05) is 13.1 Å². The minimum absolute atomic E-state index is 0.0254. The highest BCUT2D eigenvalue weighted by Crippen LogP contribution is 2.23. The third kappa shape index (κ3) is 3.81. The number of sulfonamides is 1. The van der Waals surface area contributed by atoms with Crippen LogP contribution in [0.2, 0.25) is 0 Å². The van der Waals surface area contributed by atoms with Crippen LogP contribution in [-0.4, -0.2) is 30.9 Å². The summed E-state index contributed by atoms with van der Waals surface area (Å²) in [4.78, 5) is 0. The monoisotopic (exact) mass is 297 g/mol. The minimum Gasteiger partial charge on any atom is -0.392 e. The third-order valence-corrected chi connectivity index (χ3v) is 5.92. The summed E-state index contributed by atoms with van der Waals surface area (Å²) < 4.78 is 26.4. The Kier molecular flexibility index (Phi) is 5.18. The van der Waals surface area contributed by atoms with E-state index in [0.717, 1.165) is 30.4 Å².